The highest BCUT2D eigenvalue weighted by atomic mass is 79.9. The van der Waals surface area contributed by atoms with Gasteiger partial charge in [-0.2, -0.15) is 0 Å². The second-order valence-corrected chi connectivity index (χ2v) is 6.13. The first-order valence-corrected chi connectivity index (χ1v) is 8.13. The molecule has 0 radical (unpaired) electrons. The Labute approximate surface area is 151 Å². The van der Waals surface area contributed by atoms with Crippen LogP contribution in [-0.4, -0.2) is 16.9 Å². The first kappa shape index (κ1) is 16.4. The van der Waals surface area contributed by atoms with Gasteiger partial charge in [-0.3, -0.25) is 19.8 Å². The minimum Gasteiger partial charge on any atom is -0.465 e. The minimum atomic E-state index is -0.526. The number of anilines is 1. The van der Waals surface area contributed by atoms with Crippen molar-refractivity contribution in [3.8, 4) is 0 Å². The number of amides is 2. The summed E-state index contributed by atoms with van der Waals surface area (Å²) in [5, 5.41) is 2.58. The van der Waals surface area contributed by atoms with Gasteiger partial charge in [0, 0.05) is 4.47 Å². The zero-order valence-corrected chi connectivity index (χ0v) is 14.6. The highest BCUT2D eigenvalue weighted by Crippen LogP contribution is 2.22. The summed E-state index contributed by atoms with van der Waals surface area (Å²) in [6.07, 6.45) is 6.22. The summed E-state index contributed by atoms with van der Waals surface area (Å²) in [5.74, 6) is -0.381. The van der Waals surface area contributed by atoms with E-state index < -0.39 is 11.8 Å². The number of carbonyl (C=O) groups excluding carboxylic acids is 2. The van der Waals surface area contributed by atoms with Crippen molar-refractivity contribution in [2.24, 2.45) is 0 Å². The van der Waals surface area contributed by atoms with E-state index in [0.29, 0.717) is 11.4 Å². The monoisotopic (exact) mass is 402 g/mol. The van der Waals surface area contributed by atoms with Crippen LogP contribution in [0.15, 0.2) is 69.3 Å². The number of hydrogen-bond donors (Lipinski definition) is 1. The molecule has 1 aliphatic heterocycles. The van der Waals surface area contributed by atoms with Crippen molar-refractivity contribution >= 4 is 56.8 Å². The Kier molecular flexibility index (Phi) is 4.73. The van der Waals surface area contributed by atoms with Crippen molar-refractivity contribution in [1.29, 1.82) is 0 Å². The van der Waals surface area contributed by atoms with Gasteiger partial charge in [0.25, 0.3) is 11.8 Å². The molecule has 2 aromatic rings. The average Bonchev–Trinajstić information content (AvgIpc) is 3.05. The molecule has 1 saturated heterocycles. The fourth-order valence-corrected chi connectivity index (χ4v) is 2.67. The van der Waals surface area contributed by atoms with Crippen LogP contribution >= 0.6 is 28.1 Å². The van der Waals surface area contributed by atoms with Crippen molar-refractivity contribution in [2.75, 3.05) is 4.90 Å². The van der Waals surface area contributed by atoms with Crippen molar-refractivity contribution in [2.45, 2.75) is 0 Å². The molecule has 3 rings (SSSR count). The van der Waals surface area contributed by atoms with Crippen molar-refractivity contribution in [3.05, 3.63) is 70.6 Å². The highest BCUT2D eigenvalue weighted by Gasteiger charge is 2.33. The summed E-state index contributed by atoms with van der Waals surface area (Å²) in [5.41, 5.74) is 0.573. The Bertz CT molecular complexity index is 854. The Morgan fingerprint density at radius 2 is 1.92 bits per heavy atom. The normalized spacial score (nSPS) is 17.0. The van der Waals surface area contributed by atoms with Gasteiger partial charge in [0.05, 0.1) is 12.0 Å². The lowest BCUT2D eigenvalue weighted by molar-refractivity contribution is -0.122. The summed E-state index contributed by atoms with van der Waals surface area (Å²) >= 11 is 8.47. The van der Waals surface area contributed by atoms with Crippen molar-refractivity contribution < 1.29 is 14.0 Å². The maximum absolute atomic E-state index is 12.7. The Morgan fingerprint density at radius 3 is 2.58 bits per heavy atom. The molecule has 0 aliphatic carbocycles. The van der Waals surface area contributed by atoms with Crippen molar-refractivity contribution in [3.63, 3.8) is 0 Å². The van der Waals surface area contributed by atoms with Crippen LogP contribution in [0, 0.1) is 0 Å². The largest absolute Gasteiger partial charge is 0.465 e. The van der Waals surface area contributed by atoms with Gasteiger partial charge in [-0.15, -0.1) is 0 Å². The molecule has 2 amide bonds. The van der Waals surface area contributed by atoms with Gasteiger partial charge in [-0.1, -0.05) is 22.0 Å². The number of carbonyl (C=O) groups is 2. The summed E-state index contributed by atoms with van der Waals surface area (Å²) in [6.45, 7) is 0. The standard InChI is InChI=1S/C17H11BrN2O3S/c18-11-6-8-12(9-7-11)20-16(22)14(15(21)19-17(20)24)5-1-3-13-4-2-10-23-13/h1-10H,(H,19,21,24)/b3-1+,14-5-. The fourth-order valence-electron chi connectivity index (χ4n) is 2.13. The highest BCUT2D eigenvalue weighted by molar-refractivity contribution is 9.10. The maximum atomic E-state index is 12.7. The van der Waals surface area contributed by atoms with Crippen LogP contribution in [0.4, 0.5) is 5.69 Å². The molecule has 0 bridgehead atoms. The van der Waals surface area contributed by atoms with E-state index in [1.807, 2.05) is 0 Å². The molecule has 1 aliphatic rings. The molecule has 24 heavy (non-hydrogen) atoms. The average molecular weight is 403 g/mol. The molecule has 1 fully saturated rings. The third-order valence-electron chi connectivity index (χ3n) is 3.25. The zero-order valence-electron chi connectivity index (χ0n) is 12.2. The molecule has 2 heterocycles. The molecule has 7 heteroatoms. The van der Waals surface area contributed by atoms with E-state index in [0.717, 1.165) is 4.47 Å². The Hall–Kier alpha value is -2.51. The number of nitrogens with one attached hydrogen (secondary N) is 1. The van der Waals surface area contributed by atoms with Crippen LogP contribution in [0.5, 0.6) is 0 Å². The third-order valence-corrected chi connectivity index (χ3v) is 4.07. The number of rotatable bonds is 3. The fraction of sp³-hybridized carbons (Fsp3) is 0. The summed E-state index contributed by atoms with van der Waals surface area (Å²) < 4.78 is 6.04. The van der Waals surface area contributed by atoms with E-state index in [1.54, 1.807) is 54.8 Å². The van der Waals surface area contributed by atoms with E-state index in [4.69, 9.17) is 16.6 Å². The third kappa shape index (κ3) is 3.37. The number of nitrogens with zero attached hydrogens (tertiary/aromatic N) is 1. The maximum Gasteiger partial charge on any atom is 0.270 e. The topological polar surface area (TPSA) is 62.6 Å². The second kappa shape index (κ2) is 6.94. The molecule has 0 saturated carbocycles. The second-order valence-electron chi connectivity index (χ2n) is 4.83. The molecule has 0 atom stereocenters. The lowest BCUT2D eigenvalue weighted by Crippen LogP contribution is -2.54. The molecule has 1 N–H and O–H groups in total. The van der Waals surface area contributed by atoms with Gasteiger partial charge in [-0.05, 0) is 60.8 Å². The van der Waals surface area contributed by atoms with Crippen LogP contribution in [0.3, 0.4) is 0 Å². The van der Waals surface area contributed by atoms with Crippen LogP contribution in [0.25, 0.3) is 6.08 Å². The lowest BCUT2D eigenvalue weighted by Gasteiger charge is -2.28. The first-order valence-electron chi connectivity index (χ1n) is 6.93. The predicted molar refractivity (Wildman–Crippen MR) is 98.2 cm³/mol. The SMILES string of the molecule is O=C1NC(=S)N(c2ccc(Br)cc2)C(=O)/C1=C\C=C\c1ccco1. The van der Waals surface area contributed by atoms with Gasteiger partial charge < -0.3 is 4.42 Å². The summed E-state index contributed by atoms with van der Waals surface area (Å²) in [7, 11) is 0. The first-order chi connectivity index (χ1) is 11.6. The van der Waals surface area contributed by atoms with Gasteiger partial charge in [-0.25, -0.2) is 0 Å². The van der Waals surface area contributed by atoms with E-state index in [9.17, 15) is 9.59 Å². The minimum absolute atomic E-state index is 0.00525. The number of allylic oxidation sites excluding steroid dienone is 2. The number of thiocarbonyl (C=S) groups is 1. The summed E-state index contributed by atoms with van der Waals surface area (Å²) in [6, 6.07) is 10.6. The molecule has 0 spiro atoms. The van der Waals surface area contributed by atoms with Gasteiger partial charge in [0.2, 0.25) is 0 Å². The smallest absolute Gasteiger partial charge is 0.270 e. The summed E-state index contributed by atoms with van der Waals surface area (Å²) in [4.78, 5) is 26.0. The molecule has 1 aromatic heterocycles. The van der Waals surface area contributed by atoms with Gasteiger partial charge in [0.15, 0.2) is 5.11 Å². The van der Waals surface area contributed by atoms with E-state index >= 15 is 0 Å². The number of furan rings is 1. The van der Waals surface area contributed by atoms with Crippen LogP contribution in [-0.2, 0) is 9.59 Å². The van der Waals surface area contributed by atoms with Crippen LogP contribution < -0.4 is 10.2 Å². The number of halogens is 1. The van der Waals surface area contributed by atoms with Crippen LogP contribution in [0.2, 0.25) is 0 Å². The number of hydrogen-bond acceptors (Lipinski definition) is 4. The quantitative estimate of drug-likeness (QED) is 0.485. The number of benzene rings is 1. The Balaban J connectivity index is 1.89. The predicted octanol–water partition coefficient (Wildman–Crippen LogP) is 3.43. The molecular weight excluding hydrogens is 392 g/mol. The van der Waals surface area contributed by atoms with Gasteiger partial charge >= 0.3 is 0 Å². The van der Waals surface area contributed by atoms with E-state index in [2.05, 4.69) is 21.2 Å². The van der Waals surface area contributed by atoms with Crippen LogP contribution in [0.1, 0.15) is 5.76 Å². The van der Waals surface area contributed by atoms with E-state index in [-0.39, 0.29) is 10.7 Å². The molecule has 1 aromatic carbocycles. The van der Waals surface area contributed by atoms with Crippen molar-refractivity contribution in [1.82, 2.24) is 5.32 Å². The lowest BCUT2D eigenvalue weighted by atomic mass is 10.1. The van der Waals surface area contributed by atoms with E-state index in [1.165, 1.54) is 11.0 Å². The molecule has 0 unspecified atom stereocenters. The molecular formula is C17H11BrN2O3S. The zero-order chi connectivity index (χ0) is 17.1. The molecule has 5 nitrogen and oxygen atoms in total. The Morgan fingerprint density at radius 1 is 1.17 bits per heavy atom. The van der Waals surface area contributed by atoms with Gasteiger partial charge in [0.1, 0.15) is 11.3 Å². The molecule has 120 valence electrons.